The van der Waals surface area contributed by atoms with Gasteiger partial charge in [0.15, 0.2) is 17.4 Å². The zero-order valence-corrected chi connectivity index (χ0v) is 11.6. The van der Waals surface area contributed by atoms with Crippen LogP contribution in [-0.2, 0) is 0 Å². The van der Waals surface area contributed by atoms with E-state index in [1.54, 1.807) is 0 Å². The maximum Gasteiger partial charge on any atom is 0.187 e. The number of fused-ring (bicyclic) bond motifs is 1. The van der Waals surface area contributed by atoms with E-state index < -0.39 is 17.4 Å². The molecule has 0 unspecified atom stereocenters. The second-order valence-electron chi connectivity index (χ2n) is 6.60. The molecular formula is C16H20F2O2. The summed E-state index contributed by atoms with van der Waals surface area (Å²) in [5.74, 6) is -2.15. The number of benzene rings is 1. The van der Waals surface area contributed by atoms with Gasteiger partial charge in [0.25, 0.3) is 0 Å². The lowest BCUT2D eigenvalue weighted by Crippen LogP contribution is -2.37. The van der Waals surface area contributed by atoms with Crippen LogP contribution >= 0.6 is 0 Å². The van der Waals surface area contributed by atoms with Crippen LogP contribution in [0.25, 0.3) is 0 Å². The molecule has 0 aromatic heterocycles. The van der Waals surface area contributed by atoms with Gasteiger partial charge in [0, 0.05) is 0 Å². The Morgan fingerprint density at radius 1 is 1.15 bits per heavy atom. The van der Waals surface area contributed by atoms with Gasteiger partial charge >= 0.3 is 0 Å². The molecule has 2 aliphatic rings. The molecule has 1 aromatic rings. The van der Waals surface area contributed by atoms with Gasteiger partial charge in [0.1, 0.15) is 0 Å². The highest BCUT2D eigenvalue weighted by molar-refractivity contribution is 5.32. The Bertz CT molecular complexity index is 508. The van der Waals surface area contributed by atoms with Gasteiger partial charge in [0.05, 0.1) is 6.10 Å². The molecule has 110 valence electrons. The predicted molar refractivity (Wildman–Crippen MR) is 71.5 cm³/mol. The second-order valence-corrected chi connectivity index (χ2v) is 6.60. The second kappa shape index (κ2) is 4.69. The van der Waals surface area contributed by atoms with E-state index >= 15 is 0 Å². The van der Waals surface area contributed by atoms with Gasteiger partial charge < -0.3 is 10.2 Å². The first-order valence-electron chi connectivity index (χ1n) is 7.28. The van der Waals surface area contributed by atoms with Crippen molar-refractivity contribution in [3.05, 3.63) is 29.3 Å². The van der Waals surface area contributed by atoms with Crippen molar-refractivity contribution in [3.8, 4) is 5.75 Å². The van der Waals surface area contributed by atoms with Crippen molar-refractivity contribution in [2.24, 2.45) is 11.3 Å². The van der Waals surface area contributed by atoms with Crippen molar-refractivity contribution in [3.63, 3.8) is 0 Å². The SMILES string of the molecule is C[C@]12CC[C@@H](c3cc(F)c(O)c(F)c3)C[C@H]1CC[C@@H]2O. The highest BCUT2D eigenvalue weighted by Gasteiger charge is 2.49. The fourth-order valence-electron chi connectivity index (χ4n) is 4.12. The Balaban J connectivity index is 1.84. The molecule has 20 heavy (non-hydrogen) atoms. The third-order valence-electron chi connectivity index (χ3n) is 5.59. The van der Waals surface area contributed by atoms with E-state index in [2.05, 4.69) is 6.92 Å². The molecule has 0 heterocycles. The number of halogens is 2. The molecule has 2 saturated carbocycles. The van der Waals surface area contributed by atoms with Crippen LogP contribution in [0.2, 0.25) is 0 Å². The van der Waals surface area contributed by atoms with Crippen LogP contribution in [0, 0.1) is 23.0 Å². The highest BCUT2D eigenvalue weighted by Crippen LogP contribution is 2.55. The maximum atomic E-state index is 13.5. The highest BCUT2D eigenvalue weighted by atomic mass is 19.1. The lowest BCUT2D eigenvalue weighted by molar-refractivity contribution is 0.00866. The van der Waals surface area contributed by atoms with Crippen molar-refractivity contribution < 1.29 is 19.0 Å². The van der Waals surface area contributed by atoms with Gasteiger partial charge in [-0.25, -0.2) is 8.78 Å². The minimum atomic E-state index is -0.898. The van der Waals surface area contributed by atoms with E-state index in [1.807, 2.05) is 0 Å². The fourth-order valence-corrected chi connectivity index (χ4v) is 4.12. The molecule has 1 aromatic carbocycles. The first kappa shape index (κ1) is 13.8. The van der Waals surface area contributed by atoms with Crippen LogP contribution in [0.1, 0.15) is 50.5 Å². The predicted octanol–water partition coefficient (Wildman–Crippen LogP) is 3.72. The summed E-state index contributed by atoms with van der Waals surface area (Å²) in [4.78, 5) is 0. The summed E-state index contributed by atoms with van der Waals surface area (Å²) in [5, 5.41) is 19.3. The van der Waals surface area contributed by atoms with Crippen molar-refractivity contribution >= 4 is 0 Å². The van der Waals surface area contributed by atoms with Gasteiger partial charge in [-0.2, -0.15) is 0 Å². The van der Waals surface area contributed by atoms with Gasteiger partial charge in [-0.15, -0.1) is 0 Å². The van der Waals surface area contributed by atoms with E-state index in [4.69, 9.17) is 0 Å². The molecule has 0 bridgehead atoms. The Morgan fingerprint density at radius 3 is 2.45 bits per heavy atom. The lowest BCUT2D eigenvalue weighted by Gasteiger charge is -2.42. The van der Waals surface area contributed by atoms with E-state index in [-0.39, 0.29) is 17.4 Å². The molecular weight excluding hydrogens is 262 g/mol. The summed E-state index contributed by atoms with van der Waals surface area (Å²) >= 11 is 0. The van der Waals surface area contributed by atoms with Gasteiger partial charge in [-0.05, 0) is 67.1 Å². The molecule has 0 saturated heterocycles. The Hall–Kier alpha value is -1.16. The smallest absolute Gasteiger partial charge is 0.187 e. The number of rotatable bonds is 1. The summed E-state index contributed by atoms with van der Waals surface area (Å²) in [6, 6.07) is 2.49. The van der Waals surface area contributed by atoms with E-state index in [9.17, 15) is 19.0 Å². The van der Waals surface area contributed by atoms with Crippen molar-refractivity contribution in [1.29, 1.82) is 0 Å². The molecule has 2 N–H and O–H groups in total. The normalized spacial score (nSPS) is 36.9. The first-order valence-corrected chi connectivity index (χ1v) is 7.28. The first-order chi connectivity index (χ1) is 9.41. The van der Waals surface area contributed by atoms with Crippen LogP contribution in [0.5, 0.6) is 5.75 Å². The number of hydrogen-bond donors (Lipinski definition) is 2. The number of aliphatic hydroxyl groups is 1. The van der Waals surface area contributed by atoms with Crippen LogP contribution in [0.4, 0.5) is 8.78 Å². The molecule has 4 heteroatoms. The van der Waals surface area contributed by atoms with Crippen LogP contribution in [0.15, 0.2) is 12.1 Å². The maximum absolute atomic E-state index is 13.5. The zero-order valence-electron chi connectivity index (χ0n) is 11.6. The zero-order chi connectivity index (χ0) is 14.5. The number of phenols is 1. The molecule has 2 nitrogen and oxygen atoms in total. The summed E-state index contributed by atoms with van der Waals surface area (Å²) in [6.45, 7) is 2.13. The lowest BCUT2D eigenvalue weighted by atomic mass is 9.64. The fraction of sp³-hybridized carbons (Fsp3) is 0.625. The number of aromatic hydroxyl groups is 1. The van der Waals surface area contributed by atoms with Crippen molar-refractivity contribution in [2.45, 2.75) is 51.0 Å². The summed E-state index contributed by atoms with van der Waals surface area (Å²) in [5.41, 5.74) is 0.589. The number of hydrogen-bond acceptors (Lipinski definition) is 2. The number of aliphatic hydroxyl groups excluding tert-OH is 1. The molecule has 3 rings (SSSR count). The molecule has 2 fully saturated rings. The van der Waals surface area contributed by atoms with Crippen LogP contribution < -0.4 is 0 Å². The van der Waals surface area contributed by atoms with Crippen molar-refractivity contribution in [2.75, 3.05) is 0 Å². The minimum absolute atomic E-state index is 0.0372. The topological polar surface area (TPSA) is 40.5 Å². The average Bonchev–Trinajstić information content (AvgIpc) is 2.71. The van der Waals surface area contributed by atoms with Gasteiger partial charge in [-0.1, -0.05) is 6.92 Å². The molecule has 0 aliphatic heterocycles. The Labute approximate surface area is 117 Å². The van der Waals surface area contributed by atoms with Gasteiger partial charge in [-0.3, -0.25) is 0 Å². The van der Waals surface area contributed by atoms with Crippen LogP contribution in [-0.4, -0.2) is 16.3 Å². The largest absolute Gasteiger partial charge is 0.503 e. The molecule has 2 aliphatic carbocycles. The minimum Gasteiger partial charge on any atom is -0.503 e. The molecule has 4 atom stereocenters. The quantitative estimate of drug-likeness (QED) is 0.824. The van der Waals surface area contributed by atoms with Crippen molar-refractivity contribution in [1.82, 2.24) is 0 Å². The average molecular weight is 282 g/mol. The molecule has 0 spiro atoms. The summed E-state index contributed by atoms with van der Waals surface area (Å²) in [6.07, 6.45) is 4.13. The monoisotopic (exact) mass is 282 g/mol. The molecule has 0 amide bonds. The Kier molecular flexibility index (Phi) is 3.24. The number of phenolic OH excluding ortho intramolecular Hbond substituents is 1. The van der Waals surface area contributed by atoms with E-state index in [0.717, 1.165) is 32.1 Å². The Morgan fingerprint density at radius 2 is 1.80 bits per heavy atom. The third kappa shape index (κ3) is 2.01. The standard InChI is InChI=1S/C16H20F2O2/c1-16-5-4-9(6-11(16)2-3-14(16)19)10-7-12(17)15(20)13(18)8-10/h7-9,11,14,19-20H,2-6H2,1H3/t9-,11-,14+,16+/m1/s1. The van der Waals surface area contributed by atoms with E-state index in [1.165, 1.54) is 12.1 Å². The van der Waals surface area contributed by atoms with Gasteiger partial charge in [0.2, 0.25) is 0 Å². The third-order valence-corrected chi connectivity index (χ3v) is 5.59. The molecule has 0 radical (unpaired) electrons. The summed E-state index contributed by atoms with van der Waals surface area (Å²) in [7, 11) is 0. The van der Waals surface area contributed by atoms with E-state index in [0.29, 0.717) is 11.5 Å². The summed E-state index contributed by atoms with van der Waals surface area (Å²) < 4.78 is 26.9. The van der Waals surface area contributed by atoms with Crippen LogP contribution in [0.3, 0.4) is 0 Å².